The molecule has 0 spiro atoms. The predicted molar refractivity (Wildman–Crippen MR) is 110 cm³/mol. The minimum atomic E-state index is -4.74. The van der Waals surface area contributed by atoms with Crippen LogP contribution in [0.3, 0.4) is 0 Å². The summed E-state index contributed by atoms with van der Waals surface area (Å²) in [6.07, 6.45) is -0.774. The second-order valence-electron chi connectivity index (χ2n) is 6.89. The van der Waals surface area contributed by atoms with E-state index >= 15 is 0 Å². The highest BCUT2D eigenvalue weighted by atomic mass is 32.2. The fourth-order valence-electron chi connectivity index (χ4n) is 3.09. The van der Waals surface area contributed by atoms with Crippen LogP contribution in [0.25, 0.3) is 0 Å². The topological polar surface area (TPSA) is 37.4 Å². The molecule has 0 N–H and O–H groups in total. The summed E-state index contributed by atoms with van der Waals surface area (Å²) in [5.41, 5.74) is 1.97. The molecule has 3 rings (SSSR count). The van der Waals surface area contributed by atoms with Crippen LogP contribution >= 0.6 is 0 Å². The number of sulfone groups is 1. The third kappa shape index (κ3) is 5.49. The fraction of sp³-hybridized carbons (Fsp3) is 0.217. The Bertz CT molecular complexity index is 953. The summed E-state index contributed by atoms with van der Waals surface area (Å²) in [5.74, 6) is 0. The molecule has 29 heavy (non-hydrogen) atoms. The molecule has 0 atom stereocenters. The third-order valence-corrected chi connectivity index (χ3v) is 6.55. The highest BCUT2D eigenvalue weighted by molar-refractivity contribution is 7.92. The maximum Gasteiger partial charge on any atom is 0.351 e. The number of rotatable bonds is 9. The second-order valence-corrected chi connectivity index (χ2v) is 8.96. The minimum Gasteiger partial charge on any atom is -0.295 e. The van der Waals surface area contributed by atoms with Crippen molar-refractivity contribution in [3.05, 3.63) is 102 Å². The molecule has 0 bridgehead atoms. The molecule has 0 radical (unpaired) electrons. The van der Waals surface area contributed by atoms with Gasteiger partial charge in [0.1, 0.15) is 0 Å². The van der Waals surface area contributed by atoms with Gasteiger partial charge in [0.25, 0.3) is 0 Å². The summed E-state index contributed by atoms with van der Waals surface area (Å²) in [7, 11) is -4.74. The van der Waals surface area contributed by atoms with Crippen molar-refractivity contribution in [2.24, 2.45) is 0 Å². The van der Waals surface area contributed by atoms with Gasteiger partial charge in [-0.15, -0.1) is 0 Å². The van der Waals surface area contributed by atoms with Gasteiger partial charge in [0.05, 0.1) is 4.90 Å². The highest BCUT2D eigenvalue weighted by Crippen LogP contribution is 2.32. The average Bonchev–Trinajstić information content (AvgIpc) is 2.74. The van der Waals surface area contributed by atoms with Gasteiger partial charge in [-0.3, -0.25) is 4.90 Å². The van der Waals surface area contributed by atoms with Crippen LogP contribution in [-0.2, 0) is 22.9 Å². The van der Waals surface area contributed by atoms with E-state index in [4.69, 9.17) is 0 Å². The largest absolute Gasteiger partial charge is 0.351 e. The first-order valence-corrected chi connectivity index (χ1v) is 10.8. The number of benzene rings is 3. The summed E-state index contributed by atoms with van der Waals surface area (Å²) >= 11 is 0. The first-order chi connectivity index (χ1) is 13.9. The van der Waals surface area contributed by atoms with Crippen molar-refractivity contribution < 1.29 is 17.2 Å². The van der Waals surface area contributed by atoms with Crippen LogP contribution < -0.4 is 0 Å². The lowest BCUT2D eigenvalue weighted by Gasteiger charge is -2.25. The van der Waals surface area contributed by atoms with Crippen molar-refractivity contribution in [2.45, 2.75) is 29.7 Å². The lowest BCUT2D eigenvalue weighted by Crippen LogP contribution is -2.34. The van der Waals surface area contributed by atoms with Gasteiger partial charge in [-0.1, -0.05) is 78.9 Å². The van der Waals surface area contributed by atoms with Crippen LogP contribution in [0.4, 0.5) is 8.78 Å². The van der Waals surface area contributed by atoms with Crippen LogP contribution in [0.5, 0.6) is 0 Å². The van der Waals surface area contributed by atoms with Crippen LogP contribution in [0.2, 0.25) is 0 Å². The Kier molecular flexibility index (Phi) is 6.77. The molecule has 0 aromatic heterocycles. The maximum absolute atomic E-state index is 14.7. The molecule has 0 aliphatic heterocycles. The van der Waals surface area contributed by atoms with Gasteiger partial charge in [0.2, 0.25) is 9.84 Å². The first kappa shape index (κ1) is 21.1. The van der Waals surface area contributed by atoms with Gasteiger partial charge in [-0.05, 0) is 23.3 Å². The number of alkyl halides is 2. The molecule has 0 aliphatic carbocycles. The standard InChI is InChI=1S/C23H23F2NO2S/c24-23(25,29(27,28)22-14-8-3-9-15-22)16-17-26(18-20-10-4-1-5-11-20)19-21-12-6-2-7-13-21/h1-15H,16-19H2. The van der Waals surface area contributed by atoms with Crippen molar-refractivity contribution in [1.29, 1.82) is 0 Å². The second kappa shape index (κ2) is 9.29. The zero-order chi connectivity index (χ0) is 20.7. The summed E-state index contributed by atoms with van der Waals surface area (Å²) in [5, 5.41) is -3.85. The number of hydrogen-bond acceptors (Lipinski definition) is 3. The summed E-state index contributed by atoms with van der Waals surface area (Å²) in [6.45, 7) is 0.858. The normalized spacial score (nSPS) is 12.2. The molecule has 0 amide bonds. The number of halogens is 2. The Morgan fingerprint density at radius 3 is 1.55 bits per heavy atom. The SMILES string of the molecule is O=S(=O)(c1ccccc1)C(F)(F)CCN(Cc1ccccc1)Cc1ccccc1. The Morgan fingerprint density at radius 2 is 1.10 bits per heavy atom. The molecule has 0 unspecified atom stereocenters. The van der Waals surface area contributed by atoms with Gasteiger partial charge in [0, 0.05) is 26.1 Å². The van der Waals surface area contributed by atoms with Gasteiger partial charge in [-0.25, -0.2) is 8.42 Å². The van der Waals surface area contributed by atoms with Crippen molar-refractivity contribution in [3.8, 4) is 0 Å². The van der Waals surface area contributed by atoms with E-state index in [1.165, 1.54) is 24.3 Å². The number of hydrogen-bond donors (Lipinski definition) is 0. The first-order valence-electron chi connectivity index (χ1n) is 9.36. The van der Waals surface area contributed by atoms with Gasteiger partial charge in [0.15, 0.2) is 0 Å². The Morgan fingerprint density at radius 1 is 0.690 bits per heavy atom. The Balaban J connectivity index is 1.76. The van der Waals surface area contributed by atoms with Crippen LogP contribution in [-0.4, -0.2) is 25.1 Å². The summed E-state index contributed by atoms with van der Waals surface area (Å²) < 4.78 is 54.3. The Labute approximate surface area is 170 Å². The van der Waals surface area contributed by atoms with Crippen molar-refractivity contribution >= 4 is 9.84 Å². The Hall–Kier alpha value is -2.57. The van der Waals surface area contributed by atoms with E-state index < -0.39 is 21.5 Å². The van der Waals surface area contributed by atoms with Crippen molar-refractivity contribution in [1.82, 2.24) is 4.90 Å². The zero-order valence-corrected chi connectivity index (χ0v) is 16.7. The molecular formula is C23H23F2NO2S. The smallest absolute Gasteiger partial charge is 0.295 e. The van der Waals surface area contributed by atoms with Crippen molar-refractivity contribution in [2.75, 3.05) is 6.54 Å². The molecule has 0 heterocycles. The maximum atomic E-state index is 14.7. The van der Waals surface area contributed by atoms with E-state index in [2.05, 4.69) is 0 Å². The quantitative estimate of drug-likeness (QED) is 0.485. The van der Waals surface area contributed by atoms with E-state index in [0.717, 1.165) is 11.1 Å². The predicted octanol–water partition coefficient (Wildman–Crippen LogP) is 5.15. The third-order valence-electron chi connectivity index (χ3n) is 4.66. The van der Waals surface area contributed by atoms with E-state index in [-0.39, 0.29) is 11.4 Å². The molecule has 152 valence electrons. The summed E-state index contributed by atoms with van der Waals surface area (Å²) in [6, 6.07) is 26.0. The molecule has 3 nitrogen and oxygen atoms in total. The molecule has 0 saturated heterocycles. The van der Waals surface area contributed by atoms with E-state index in [0.29, 0.717) is 13.1 Å². The molecule has 6 heteroatoms. The number of nitrogens with zero attached hydrogens (tertiary/aromatic N) is 1. The van der Waals surface area contributed by atoms with Gasteiger partial charge in [-0.2, -0.15) is 8.78 Å². The van der Waals surface area contributed by atoms with Crippen LogP contribution in [0, 0.1) is 0 Å². The zero-order valence-electron chi connectivity index (χ0n) is 15.9. The van der Waals surface area contributed by atoms with Crippen LogP contribution in [0.1, 0.15) is 17.5 Å². The molecule has 0 saturated carbocycles. The van der Waals surface area contributed by atoms with Crippen molar-refractivity contribution in [3.63, 3.8) is 0 Å². The average molecular weight is 416 g/mol. The fourth-order valence-corrected chi connectivity index (χ4v) is 4.31. The lowest BCUT2D eigenvalue weighted by atomic mass is 10.1. The van der Waals surface area contributed by atoms with E-state index in [1.54, 1.807) is 6.07 Å². The monoisotopic (exact) mass is 415 g/mol. The summed E-state index contributed by atoms with van der Waals surface area (Å²) in [4.78, 5) is 1.49. The molecule has 3 aromatic carbocycles. The van der Waals surface area contributed by atoms with Gasteiger partial charge >= 0.3 is 5.25 Å². The van der Waals surface area contributed by atoms with E-state index in [9.17, 15) is 17.2 Å². The molecule has 3 aromatic rings. The molecular weight excluding hydrogens is 392 g/mol. The minimum absolute atomic E-state index is 0.0527. The van der Waals surface area contributed by atoms with Crippen LogP contribution in [0.15, 0.2) is 95.9 Å². The molecule has 0 aliphatic rings. The lowest BCUT2D eigenvalue weighted by molar-refractivity contribution is 0.0647. The highest BCUT2D eigenvalue weighted by Gasteiger charge is 2.45. The van der Waals surface area contributed by atoms with Gasteiger partial charge < -0.3 is 0 Å². The van der Waals surface area contributed by atoms with E-state index in [1.807, 2.05) is 65.6 Å². The molecule has 0 fully saturated rings.